The minimum atomic E-state index is 0.209. The number of amidine groups is 1. The minimum absolute atomic E-state index is 0.209. The molecule has 1 aliphatic carbocycles. The fraction of sp³-hybridized carbons (Fsp3) is 0.286. The van der Waals surface area contributed by atoms with Crippen molar-refractivity contribution < 1.29 is 0 Å². The largest absolute Gasteiger partial charge is 0.382 e. The molecule has 0 unspecified atom stereocenters. The van der Waals surface area contributed by atoms with E-state index in [2.05, 4.69) is 16.8 Å². The van der Waals surface area contributed by atoms with E-state index in [1.165, 1.54) is 12.8 Å². The molecule has 0 aliphatic heterocycles. The maximum Gasteiger partial charge on any atom is 0.141 e. The maximum atomic E-state index is 7.02. The van der Waals surface area contributed by atoms with Crippen molar-refractivity contribution in [3.8, 4) is 11.8 Å². The highest BCUT2D eigenvalue weighted by molar-refractivity contribution is 6.28. The van der Waals surface area contributed by atoms with Crippen molar-refractivity contribution in [2.24, 2.45) is 16.6 Å². The lowest BCUT2D eigenvalue weighted by atomic mass is 10.1. The first-order valence-corrected chi connectivity index (χ1v) is 5.66. The molecule has 0 radical (unpaired) electrons. The fourth-order valence-electron chi connectivity index (χ4n) is 1.39. The summed E-state index contributed by atoms with van der Waals surface area (Å²) in [5.74, 6) is 7.16. The standard InChI is InChI=1S/C14H15N3/c1-10-2-3-12(7-6-11-4-5-11)8-13(10)17-14(16)9-15/h2-3,8-9,11,15H,4-5H2,1H3,(H2,16,17). The molecule has 3 N–H and O–H groups in total. The summed E-state index contributed by atoms with van der Waals surface area (Å²) < 4.78 is 0. The molecule has 0 bridgehead atoms. The molecule has 2 rings (SSSR count). The number of aryl methyl sites for hydroxylation is 1. The molecule has 86 valence electrons. The van der Waals surface area contributed by atoms with Crippen LogP contribution in [0.1, 0.15) is 24.0 Å². The van der Waals surface area contributed by atoms with Gasteiger partial charge < -0.3 is 11.1 Å². The van der Waals surface area contributed by atoms with E-state index in [0.29, 0.717) is 5.92 Å². The zero-order chi connectivity index (χ0) is 12.3. The molecule has 0 atom stereocenters. The summed E-state index contributed by atoms with van der Waals surface area (Å²) >= 11 is 0. The van der Waals surface area contributed by atoms with Crippen molar-refractivity contribution in [1.29, 1.82) is 5.41 Å². The van der Waals surface area contributed by atoms with E-state index < -0.39 is 0 Å². The molecule has 1 saturated carbocycles. The van der Waals surface area contributed by atoms with Gasteiger partial charge >= 0.3 is 0 Å². The summed E-state index contributed by atoms with van der Waals surface area (Å²) in [5, 5.41) is 7.02. The van der Waals surface area contributed by atoms with Gasteiger partial charge in [-0.05, 0) is 37.5 Å². The molecule has 0 saturated heterocycles. The first-order valence-electron chi connectivity index (χ1n) is 5.66. The molecular weight excluding hydrogens is 210 g/mol. The Morgan fingerprint density at radius 2 is 2.29 bits per heavy atom. The summed E-state index contributed by atoms with van der Waals surface area (Å²) in [5.41, 5.74) is 8.30. The van der Waals surface area contributed by atoms with Crippen LogP contribution in [-0.4, -0.2) is 12.1 Å². The van der Waals surface area contributed by atoms with Crippen molar-refractivity contribution in [1.82, 2.24) is 0 Å². The lowest BCUT2D eigenvalue weighted by Gasteiger charge is -2.01. The van der Waals surface area contributed by atoms with Crippen LogP contribution in [0.15, 0.2) is 23.2 Å². The molecule has 0 spiro atoms. The summed E-state index contributed by atoms with van der Waals surface area (Å²) in [6.45, 7) is 1.97. The van der Waals surface area contributed by atoms with Gasteiger partial charge in [0.2, 0.25) is 0 Å². The second kappa shape index (κ2) is 4.84. The number of benzene rings is 1. The first kappa shape index (κ1) is 11.4. The van der Waals surface area contributed by atoms with Crippen LogP contribution in [-0.2, 0) is 0 Å². The fourth-order valence-corrected chi connectivity index (χ4v) is 1.39. The molecule has 0 amide bonds. The zero-order valence-electron chi connectivity index (χ0n) is 9.83. The molecule has 3 nitrogen and oxygen atoms in total. The summed E-state index contributed by atoms with van der Waals surface area (Å²) in [6.07, 6.45) is 3.50. The molecule has 1 aromatic carbocycles. The van der Waals surface area contributed by atoms with Gasteiger partial charge in [-0.3, -0.25) is 0 Å². The molecule has 3 heteroatoms. The van der Waals surface area contributed by atoms with Gasteiger partial charge in [-0.2, -0.15) is 0 Å². The third kappa shape index (κ3) is 3.18. The molecule has 1 aromatic rings. The van der Waals surface area contributed by atoms with E-state index in [1.54, 1.807) is 0 Å². The van der Waals surface area contributed by atoms with Gasteiger partial charge in [0.05, 0.1) is 11.9 Å². The molecular formula is C14H15N3. The summed E-state index contributed by atoms with van der Waals surface area (Å²) in [6, 6.07) is 5.89. The highest BCUT2D eigenvalue weighted by Gasteiger charge is 2.17. The van der Waals surface area contributed by atoms with Gasteiger partial charge in [0.15, 0.2) is 0 Å². The van der Waals surface area contributed by atoms with Crippen LogP contribution in [0.4, 0.5) is 5.69 Å². The van der Waals surface area contributed by atoms with Crippen LogP contribution < -0.4 is 5.73 Å². The van der Waals surface area contributed by atoms with E-state index in [-0.39, 0.29) is 5.84 Å². The molecule has 17 heavy (non-hydrogen) atoms. The van der Waals surface area contributed by atoms with Gasteiger partial charge in [0, 0.05) is 11.5 Å². The predicted molar refractivity (Wildman–Crippen MR) is 70.8 cm³/mol. The lowest BCUT2D eigenvalue weighted by Crippen LogP contribution is -2.11. The van der Waals surface area contributed by atoms with Gasteiger partial charge in [0.25, 0.3) is 0 Å². The van der Waals surface area contributed by atoms with Gasteiger partial charge in [-0.1, -0.05) is 17.9 Å². The topological polar surface area (TPSA) is 62.2 Å². The van der Waals surface area contributed by atoms with Crippen LogP contribution >= 0.6 is 0 Å². The van der Waals surface area contributed by atoms with Crippen molar-refractivity contribution in [2.75, 3.05) is 0 Å². The molecule has 0 aromatic heterocycles. The van der Waals surface area contributed by atoms with E-state index in [1.807, 2.05) is 25.1 Å². The smallest absolute Gasteiger partial charge is 0.141 e. The monoisotopic (exact) mass is 225 g/mol. The van der Waals surface area contributed by atoms with Crippen molar-refractivity contribution in [2.45, 2.75) is 19.8 Å². The van der Waals surface area contributed by atoms with Crippen molar-refractivity contribution in [3.05, 3.63) is 29.3 Å². The van der Waals surface area contributed by atoms with Crippen molar-refractivity contribution >= 4 is 17.7 Å². The summed E-state index contributed by atoms with van der Waals surface area (Å²) in [4.78, 5) is 4.16. The highest BCUT2D eigenvalue weighted by atomic mass is 14.9. The first-order chi connectivity index (χ1) is 8.19. The Morgan fingerprint density at radius 1 is 1.53 bits per heavy atom. The Hall–Kier alpha value is -2.08. The number of aliphatic imine (C=N–C) groups is 1. The van der Waals surface area contributed by atoms with E-state index >= 15 is 0 Å². The number of nitrogens with one attached hydrogen (secondary N) is 1. The maximum absolute atomic E-state index is 7.02. The second-order valence-corrected chi connectivity index (χ2v) is 4.23. The zero-order valence-corrected chi connectivity index (χ0v) is 9.83. The third-order valence-corrected chi connectivity index (χ3v) is 2.60. The van der Waals surface area contributed by atoms with Crippen LogP contribution in [0.5, 0.6) is 0 Å². The Balaban J connectivity index is 2.29. The predicted octanol–water partition coefficient (Wildman–Crippen LogP) is 2.39. The Bertz CT molecular complexity index is 528. The average Bonchev–Trinajstić information content (AvgIpc) is 3.14. The van der Waals surface area contributed by atoms with Gasteiger partial charge in [-0.25, -0.2) is 4.99 Å². The van der Waals surface area contributed by atoms with Gasteiger partial charge in [0.1, 0.15) is 5.84 Å². The Kier molecular flexibility index (Phi) is 3.24. The van der Waals surface area contributed by atoms with E-state index in [4.69, 9.17) is 11.1 Å². The average molecular weight is 225 g/mol. The normalized spacial score (nSPS) is 15.0. The number of rotatable bonds is 2. The van der Waals surface area contributed by atoms with Crippen LogP contribution in [0.3, 0.4) is 0 Å². The van der Waals surface area contributed by atoms with Crippen molar-refractivity contribution in [3.63, 3.8) is 0 Å². The summed E-state index contributed by atoms with van der Waals surface area (Å²) in [7, 11) is 0. The quantitative estimate of drug-likeness (QED) is 0.453. The Morgan fingerprint density at radius 3 is 2.94 bits per heavy atom. The molecule has 0 heterocycles. The second-order valence-electron chi connectivity index (χ2n) is 4.23. The molecule has 1 fully saturated rings. The van der Waals surface area contributed by atoms with Gasteiger partial charge in [-0.15, -0.1) is 0 Å². The van der Waals surface area contributed by atoms with Crippen LogP contribution in [0.2, 0.25) is 0 Å². The van der Waals surface area contributed by atoms with Crippen LogP contribution in [0, 0.1) is 30.1 Å². The lowest BCUT2D eigenvalue weighted by molar-refractivity contribution is 1.18. The highest BCUT2D eigenvalue weighted by Crippen LogP contribution is 2.28. The van der Waals surface area contributed by atoms with Crippen LogP contribution in [0.25, 0.3) is 0 Å². The SMILES string of the molecule is Cc1ccc(C#CC2CC2)cc1N=C(N)C=N. The number of hydrogen-bond donors (Lipinski definition) is 2. The Labute approximate surface area is 101 Å². The number of hydrogen-bond acceptors (Lipinski definition) is 2. The number of nitrogens with zero attached hydrogens (tertiary/aromatic N) is 1. The minimum Gasteiger partial charge on any atom is -0.382 e. The molecule has 1 aliphatic rings. The van der Waals surface area contributed by atoms with E-state index in [9.17, 15) is 0 Å². The third-order valence-electron chi connectivity index (χ3n) is 2.60. The van der Waals surface area contributed by atoms with E-state index in [0.717, 1.165) is 23.0 Å². The number of nitrogens with two attached hydrogens (primary N) is 1.